The summed E-state index contributed by atoms with van der Waals surface area (Å²) in [6.45, 7) is 3.04. The number of aromatic nitrogens is 2. The fourth-order valence-electron chi connectivity index (χ4n) is 4.44. The second-order valence-corrected chi connectivity index (χ2v) is 9.17. The van der Waals surface area contributed by atoms with Crippen LogP contribution in [0.1, 0.15) is 23.7 Å². The van der Waals surface area contributed by atoms with E-state index in [-0.39, 0.29) is 18.4 Å². The van der Waals surface area contributed by atoms with E-state index in [1.165, 1.54) is 0 Å². The van der Waals surface area contributed by atoms with Crippen molar-refractivity contribution in [3.8, 4) is 5.75 Å². The molecular weight excluding hydrogens is 450 g/mol. The van der Waals surface area contributed by atoms with Crippen LogP contribution >= 0.6 is 11.6 Å². The molecule has 3 aromatic carbocycles. The molecule has 7 heteroatoms. The first kappa shape index (κ1) is 22.4. The summed E-state index contributed by atoms with van der Waals surface area (Å²) in [7, 11) is 0. The molecule has 1 aliphatic rings. The first-order valence-electron chi connectivity index (χ1n) is 11.4. The molecule has 1 aliphatic heterocycles. The Kier molecular flexibility index (Phi) is 6.26. The highest BCUT2D eigenvalue weighted by Crippen LogP contribution is 2.33. The summed E-state index contributed by atoms with van der Waals surface area (Å²) in [4.78, 5) is 19.6. The zero-order valence-corrected chi connectivity index (χ0v) is 19.7. The molecule has 5 rings (SSSR count). The molecule has 34 heavy (non-hydrogen) atoms. The molecule has 2 atom stereocenters. The van der Waals surface area contributed by atoms with Crippen molar-refractivity contribution in [1.82, 2.24) is 9.55 Å². The number of carbonyl (C=O) groups is 1. The van der Waals surface area contributed by atoms with Crippen LogP contribution in [-0.2, 0) is 11.3 Å². The molecular formula is C27H26ClN3O3. The normalized spacial score (nSPS) is 16.9. The summed E-state index contributed by atoms with van der Waals surface area (Å²) in [6, 6.07) is 22.9. The summed E-state index contributed by atoms with van der Waals surface area (Å²) in [6.07, 6.45) is -0.369. The molecule has 0 unspecified atom stereocenters. The van der Waals surface area contributed by atoms with Crippen molar-refractivity contribution in [2.75, 3.05) is 18.1 Å². The Bertz CT molecular complexity index is 1300. The number of benzene rings is 3. The molecule has 0 radical (unpaired) electrons. The highest BCUT2D eigenvalue weighted by Gasteiger charge is 2.35. The number of ether oxygens (including phenoxy) is 1. The van der Waals surface area contributed by atoms with Gasteiger partial charge >= 0.3 is 0 Å². The van der Waals surface area contributed by atoms with E-state index in [1.54, 1.807) is 24.3 Å². The third-order valence-corrected chi connectivity index (χ3v) is 6.42. The van der Waals surface area contributed by atoms with Crippen molar-refractivity contribution in [2.24, 2.45) is 0 Å². The van der Waals surface area contributed by atoms with Crippen LogP contribution in [0.25, 0.3) is 11.0 Å². The van der Waals surface area contributed by atoms with Crippen molar-refractivity contribution in [2.45, 2.75) is 31.9 Å². The van der Waals surface area contributed by atoms with Gasteiger partial charge in [0.25, 0.3) is 0 Å². The Hall–Kier alpha value is -3.35. The molecule has 1 amide bonds. The lowest BCUT2D eigenvalue weighted by atomic mass is 10.1. The van der Waals surface area contributed by atoms with Crippen LogP contribution in [0.15, 0.2) is 72.8 Å². The number of fused-ring (bicyclic) bond motifs is 1. The number of aliphatic hydroxyl groups is 1. The number of para-hydroxylation sites is 2. The summed E-state index contributed by atoms with van der Waals surface area (Å²) < 4.78 is 7.78. The fraction of sp³-hybridized carbons (Fsp3) is 0.259. The second kappa shape index (κ2) is 9.49. The van der Waals surface area contributed by atoms with E-state index in [0.717, 1.165) is 28.1 Å². The Morgan fingerprint density at radius 3 is 2.59 bits per heavy atom. The van der Waals surface area contributed by atoms with E-state index in [4.69, 9.17) is 21.3 Å². The maximum atomic E-state index is 12.9. The van der Waals surface area contributed by atoms with E-state index in [1.807, 2.05) is 64.9 Å². The number of amides is 1. The largest absolute Gasteiger partial charge is 0.491 e. The number of aliphatic hydroxyl groups excluding tert-OH is 1. The molecule has 1 N–H and O–H groups in total. The zero-order valence-electron chi connectivity index (χ0n) is 18.9. The second-order valence-electron chi connectivity index (χ2n) is 8.73. The van der Waals surface area contributed by atoms with Crippen molar-refractivity contribution >= 4 is 34.2 Å². The Morgan fingerprint density at radius 2 is 1.82 bits per heavy atom. The topological polar surface area (TPSA) is 67.6 Å². The Labute approximate surface area is 203 Å². The van der Waals surface area contributed by atoms with E-state index in [0.29, 0.717) is 30.3 Å². The van der Waals surface area contributed by atoms with Crippen molar-refractivity contribution in [3.05, 3.63) is 89.2 Å². The zero-order chi connectivity index (χ0) is 23.7. The lowest BCUT2D eigenvalue weighted by Crippen LogP contribution is -2.26. The first-order chi connectivity index (χ1) is 16.5. The van der Waals surface area contributed by atoms with Gasteiger partial charge in [-0.1, -0.05) is 41.4 Å². The van der Waals surface area contributed by atoms with Gasteiger partial charge < -0.3 is 19.3 Å². The van der Waals surface area contributed by atoms with E-state index in [9.17, 15) is 9.90 Å². The minimum absolute atomic E-state index is 0.0643. The number of halogens is 1. The van der Waals surface area contributed by atoms with Crippen molar-refractivity contribution in [3.63, 3.8) is 0 Å². The molecule has 1 fully saturated rings. The fourth-order valence-corrected chi connectivity index (χ4v) is 4.57. The number of hydrogen-bond donors (Lipinski definition) is 1. The van der Waals surface area contributed by atoms with Crippen LogP contribution < -0.4 is 9.64 Å². The van der Waals surface area contributed by atoms with Gasteiger partial charge in [-0.05, 0) is 55.5 Å². The monoisotopic (exact) mass is 475 g/mol. The van der Waals surface area contributed by atoms with E-state index in [2.05, 4.69) is 0 Å². The van der Waals surface area contributed by atoms with Gasteiger partial charge in [0, 0.05) is 29.6 Å². The average molecular weight is 476 g/mol. The van der Waals surface area contributed by atoms with Gasteiger partial charge in [-0.15, -0.1) is 0 Å². The van der Waals surface area contributed by atoms with Gasteiger partial charge in [0.05, 0.1) is 17.6 Å². The molecule has 0 aliphatic carbocycles. The van der Waals surface area contributed by atoms with Gasteiger partial charge in [-0.3, -0.25) is 4.79 Å². The first-order valence-corrected chi connectivity index (χ1v) is 11.7. The molecule has 0 spiro atoms. The van der Waals surface area contributed by atoms with Gasteiger partial charge in [-0.2, -0.15) is 0 Å². The van der Waals surface area contributed by atoms with Crippen LogP contribution in [0.4, 0.5) is 5.69 Å². The number of hydrogen-bond acceptors (Lipinski definition) is 4. The third-order valence-electron chi connectivity index (χ3n) is 6.17. The maximum absolute atomic E-state index is 12.9. The molecule has 6 nitrogen and oxygen atoms in total. The van der Waals surface area contributed by atoms with Gasteiger partial charge in [0.15, 0.2) is 0 Å². The quantitative estimate of drug-likeness (QED) is 0.410. The molecule has 1 aromatic heterocycles. The van der Waals surface area contributed by atoms with Gasteiger partial charge in [0.2, 0.25) is 5.91 Å². The molecule has 2 heterocycles. The number of aryl methyl sites for hydroxylation is 1. The highest BCUT2D eigenvalue weighted by atomic mass is 35.5. The predicted octanol–water partition coefficient (Wildman–Crippen LogP) is 4.96. The van der Waals surface area contributed by atoms with Crippen LogP contribution in [0.3, 0.4) is 0 Å². The van der Waals surface area contributed by atoms with Crippen LogP contribution in [0.2, 0.25) is 5.02 Å². The van der Waals surface area contributed by atoms with Crippen molar-refractivity contribution in [1.29, 1.82) is 0 Å². The maximum Gasteiger partial charge on any atom is 0.227 e. The summed E-state index contributed by atoms with van der Waals surface area (Å²) in [5, 5.41) is 11.4. The predicted molar refractivity (Wildman–Crippen MR) is 134 cm³/mol. The highest BCUT2D eigenvalue weighted by molar-refractivity contribution is 6.30. The molecule has 174 valence electrons. The standard InChI is InChI=1S/C27H26ClN3O3/c1-18-6-10-21(11-7-18)30-15-19(14-26(30)33)27-29-24-4-2-3-5-25(24)31(27)16-22(32)17-34-23-12-8-20(28)9-13-23/h2-13,19,22,32H,14-17H2,1H3/t19-,22-/m1/s1. The van der Waals surface area contributed by atoms with Gasteiger partial charge in [0.1, 0.15) is 24.3 Å². The molecule has 0 saturated carbocycles. The van der Waals surface area contributed by atoms with Gasteiger partial charge in [-0.25, -0.2) is 4.98 Å². The summed E-state index contributed by atoms with van der Waals surface area (Å²) >= 11 is 5.93. The molecule has 1 saturated heterocycles. The van der Waals surface area contributed by atoms with E-state index >= 15 is 0 Å². The van der Waals surface area contributed by atoms with Crippen LogP contribution in [0.5, 0.6) is 5.75 Å². The van der Waals surface area contributed by atoms with Crippen molar-refractivity contribution < 1.29 is 14.6 Å². The minimum Gasteiger partial charge on any atom is -0.491 e. The summed E-state index contributed by atoms with van der Waals surface area (Å²) in [5.41, 5.74) is 3.84. The molecule has 0 bridgehead atoms. The number of carbonyl (C=O) groups excluding carboxylic acids is 1. The third kappa shape index (κ3) is 4.65. The minimum atomic E-state index is -0.752. The van der Waals surface area contributed by atoms with Crippen LogP contribution in [-0.4, -0.2) is 39.8 Å². The van der Waals surface area contributed by atoms with Crippen LogP contribution in [0, 0.1) is 6.92 Å². The average Bonchev–Trinajstić information content (AvgIpc) is 3.40. The summed E-state index contributed by atoms with van der Waals surface area (Å²) in [5.74, 6) is 1.48. The Morgan fingerprint density at radius 1 is 1.09 bits per heavy atom. The number of rotatable bonds is 7. The smallest absolute Gasteiger partial charge is 0.227 e. The van der Waals surface area contributed by atoms with E-state index < -0.39 is 6.10 Å². The lowest BCUT2D eigenvalue weighted by Gasteiger charge is -2.19. The number of anilines is 1. The number of imidazole rings is 1. The molecule has 4 aromatic rings. The number of nitrogens with zero attached hydrogens (tertiary/aromatic N) is 3. The lowest BCUT2D eigenvalue weighted by molar-refractivity contribution is -0.117. The SMILES string of the molecule is Cc1ccc(N2C[C@H](c3nc4ccccc4n3C[C@@H](O)COc3ccc(Cl)cc3)CC2=O)cc1. The Balaban J connectivity index is 1.37.